The van der Waals surface area contributed by atoms with Crippen LogP contribution in [0.25, 0.3) is 0 Å². The predicted octanol–water partition coefficient (Wildman–Crippen LogP) is 3.97. The first-order valence-corrected chi connectivity index (χ1v) is 8.66. The van der Waals surface area contributed by atoms with Crippen LogP contribution in [0.3, 0.4) is 0 Å². The maximum Gasteiger partial charge on any atom is 0.147 e. The summed E-state index contributed by atoms with van der Waals surface area (Å²) >= 11 is 0. The van der Waals surface area contributed by atoms with Gasteiger partial charge in [-0.1, -0.05) is 0 Å². The summed E-state index contributed by atoms with van der Waals surface area (Å²) in [5.41, 5.74) is 2.12. The molecular formula is C20H21F2N3O. The van der Waals surface area contributed by atoms with E-state index in [1.807, 2.05) is 13.0 Å². The van der Waals surface area contributed by atoms with Gasteiger partial charge in [0.05, 0.1) is 29.5 Å². The quantitative estimate of drug-likeness (QED) is 0.869. The number of halogens is 2. The van der Waals surface area contributed by atoms with Gasteiger partial charge in [0.1, 0.15) is 11.6 Å². The summed E-state index contributed by atoms with van der Waals surface area (Å²) < 4.78 is 28.0. The molecule has 0 bridgehead atoms. The fraction of sp³-hybridized carbons (Fsp3) is 0.350. The number of nitrogens with zero attached hydrogens (tertiary/aromatic N) is 2. The molecule has 0 radical (unpaired) electrons. The Morgan fingerprint density at radius 3 is 2.58 bits per heavy atom. The van der Waals surface area contributed by atoms with Gasteiger partial charge in [-0.2, -0.15) is 5.26 Å². The van der Waals surface area contributed by atoms with Crippen molar-refractivity contribution in [2.45, 2.75) is 31.9 Å². The molecule has 0 spiro atoms. The van der Waals surface area contributed by atoms with Crippen LogP contribution >= 0.6 is 0 Å². The van der Waals surface area contributed by atoms with Crippen molar-refractivity contribution >= 4 is 11.4 Å². The summed E-state index contributed by atoms with van der Waals surface area (Å²) in [6.07, 6.45) is 1.05. The zero-order valence-electron chi connectivity index (χ0n) is 14.5. The number of hydrogen-bond donors (Lipinski definition) is 2. The summed E-state index contributed by atoms with van der Waals surface area (Å²) in [6, 6.07) is 10.4. The SMILES string of the molecule is CC(Nc1ccc(C#N)cc1F)c1cc(F)ccc1N1CCC(O)CC1. The van der Waals surface area contributed by atoms with Gasteiger partial charge in [0.2, 0.25) is 0 Å². The van der Waals surface area contributed by atoms with Crippen LogP contribution in [0.15, 0.2) is 36.4 Å². The van der Waals surface area contributed by atoms with E-state index in [2.05, 4.69) is 10.2 Å². The van der Waals surface area contributed by atoms with Crippen LogP contribution < -0.4 is 10.2 Å². The first-order valence-electron chi connectivity index (χ1n) is 8.66. The molecule has 0 aliphatic carbocycles. The van der Waals surface area contributed by atoms with E-state index in [0.29, 0.717) is 25.9 Å². The molecule has 136 valence electrons. The van der Waals surface area contributed by atoms with Gasteiger partial charge in [-0.05, 0) is 56.2 Å². The highest BCUT2D eigenvalue weighted by atomic mass is 19.1. The maximum atomic E-state index is 14.2. The zero-order chi connectivity index (χ0) is 18.7. The molecule has 1 unspecified atom stereocenters. The van der Waals surface area contributed by atoms with E-state index in [1.165, 1.54) is 30.3 Å². The number of aliphatic hydroxyl groups excluding tert-OH is 1. The molecule has 2 aromatic carbocycles. The standard InChI is InChI=1S/C20H21F2N3O/c1-13(24-19-4-2-14(12-23)10-18(19)22)17-11-15(21)3-5-20(17)25-8-6-16(26)7-9-25/h2-5,10-11,13,16,24,26H,6-9H2,1H3. The van der Waals surface area contributed by atoms with Crippen molar-refractivity contribution in [3.05, 3.63) is 59.2 Å². The highest BCUT2D eigenvalue weighted by molar-refractivity contribution is 5.58. The molecule has 1 aliphatic heterocycles. The van der Waals surface area contributed by atoms with Crippen LogP contribution in [0, 0.1) is 23.0 Å². The normalized spacial score (nSPS) is 16.2. The monoisotopic (exact) mass is 357 g/mol. The minimum Gasteiger partial charge on any atom is -0.393 e. The Bertz CT molecular complexity index is 826. The Labute approximate surface area is 151 Å². The summed E-state index contributed by atoms with van der Waals surface area (Å²) in [7, 11) is 0. The Morgan fingerprint density at radius 1 is 1.19 bits per heavy atom. The molecule has 26 heavy (non-hydrogen) atoms. The fourth-order valence-corrected chi connectivity index (χ4v) is 3.28. The first-order chi connectivity index (χ1) is 12.5. The highest BCUT2D eigenvalue weighted by Crippen LogP contribution is 2.32. The fourth-order valence-electron chi connectivity index (χ4n) is 3.28. The molecule has 1 fully saturated rings. The number of benzene rings is 2. The van der Waals surface area contributed by atoms with Crippen molar-refractivity contribution in [1.29, 1.82) is 5.26 Å². The third-order valence-electron chi connectivity index (χ3n) is 4.73. The summed E-state index contributed by atoms with van der Waals surface area (Å²) in [4.78, 5) is 2.12. The second-order valence-electron chi connectivity index (χ2n) is 6.59. The average Bonchev–Trinajstić information content (AvgIpc) is 2.64. The minimum absolute atomic E-state index is 0.249. The molecule has 1 saturated heterocycles. The van der Waals surface area contributed by atoms with E-state index in [9.17, 15) is 13.9 Å². The van der Waals surface area contributed by atoms with Gasteiger partial charge in [-0.25, -0.2) is 8.78 Å². The number of aliphatic hydroxyl groups is 1. The summed E-state index contributed by atoms with van der Waals surface area (Å²) in [5, 5.41) is 21.6. The lowest BCUT2D eigenvalue weighted by atomic mass is 10.0. The molecule has 0 saturated carbocycles. The van der Waals surface area contributed by atoms with Crippen LogP contribution in [0.5, 0.6) is 0 Å². The second-order valence-corrected chi connectivity index (χ2v) is 6.59. The van der Waals surface area contributed by atoms with E-state index in [1.54, 1.807) is 6.07 Å². The molecule has 0 aromatic heterocycles. The lowest BCUT2D eigenvalue weighted by Gasteiger charge is -2.34. The van der Waals surface area contributed by atoms with E-state index >= 15 is 0 Å². The van der Waals surface area contributed by atoms with Crippen LogP contribution in [0.4, 0.5) is 20.2 Å². The zero-order valence-corrected chi connectivity index (χ0v) is 14.5. The van der Waals surface area contributed by atoms with E-state index in [-0.39, 0.29) is 29.2 Å². The van der Waals surface area contributed by atoms with Gasteiger partial charge in [0.25, 0.3) is 0 Å². The van der Waals surface area contributed by atoms with Crippen molar-refractivity contribution in [2.24, 2.45) is 0 Å². The molecule has 4 nitrogen and oxygen atoms in total. The van der Waals surface area contributed by atoms with Crippen LogP contribution in [0.2, 0.25) is 0 Å². The summed E-state index contributed by atoms with van der Waals surface area (Å²) in [5.74, 6) is -0.871. The Morgan fingerprint density at radius 2 is 1.92 bits per heavy atom. The van der Waals surface area contributed by atoms with Crippen molar-refractivity contribution in [2.75, 3.05) is 23.3 Å². The first kappa shape index (κ1) is 18.2. The van der Waals surface area contributed by atoms with Gasteiger partial charge in [0.15, 0.2) is 0 Å². The van der Waals surface area contributed by atoms with Gasteiger partial charge in [0, 0.05) is 24.3 Å². The predicted molar refractivity (Wildman–Crippen MR) is 97.0 cm³/mol. The Kier molecular flexibility index (Phi) is 5.38. The number of rotatable bonds is 4. The van der Waals surface area contributed by atoms with E-state index in [4.69, 9.17) is 5.26 Å². The van der Waals surface area contributed by atoms with Gasteiger partial charge < -0.3 is 15.3 Å². The van der Waals surface area contributed by atoms with Crippen LogP contribution in [-0.4, -0.2) is 24.3 Å². The third-order valence-corrected chi connectivity index (χ3v) is 4.73. The second kappa shape index (κ2) is 7.71. The number of hydrogen-bond acceptors (Lipinski definition) is 4. The van der Waals surface area contributed by atoms with Crippen molar-refractivity contribution in [3.63, 3.8) is 0 Å². The minimum atomic E-state index is -0.519. The number of nitriles is 1. The largest absolute Gasteiger partial charge is 0.393 e. The molecular weight excluding hydrogens is 336 g/mol. The molecule has 6 heteroatoms. The molecule has 1 atom stereocenters. The number of anilines is 2. The molecule has 2 aromatic rings. The van der Waals surface area contributed by atoms with E-state index in [0.717, 1.165) is 11.3 Å². The Hall–Kier alpha value is -2.65. The van der Waals surface area contributed by atoms with Crippen LogP contribution in [0.1, 0.15) is 36.9 Å². The number of nitrogens with one attached hydrogen (secondary N) is 1. The highest BCUT2D eigenvalue weighted by Gasteiger charge is 2.22. The third kappa shape index (κ3) is 3.94. The maximum absolute atomic E-state index is 14.2. The van der Waals surface area contributed by atoms with Crippen LogP contribution in [-0.2, 0) is 0 Å². The molecule has 0 amide bonds. The number of piperidine rings is 1. The Balaban J connectivity index is 1.86. The van der Waals surface area contributed by atoms with Gasteiger partial charge in [-0.15, -0.1) is 0 Å². The lowest BCUT2D eigenvalue weighted by Crippen LogP contribution is -2.36. The van der Waals surface area contributed by atoms with Crippen molar-refractivity contribution < 1.29 is 13.9 Å². The molecule has 2 N–H and O–H groups in total. The lowest BCUT2D eigenvalue weighted by molar-refractivity contribution is 0.145. The topological polar surface area (TPSA) is 59.3 Å². The molecule has 3 rings (SSSR count). The smallest absolute Gasteiger partial charge is 0.147 e. The average molecular weight is 357 g/mol. The molecule has 1 heterocycles. The van der Waals surface area contributed by atoms with E-state index < -0.39 is 5.82 Å². The van der Waals surface area contributed by atoms with Crippen molar-refractivity contribution in [3.8, 4) is 6.07 Å². The van der Waals surface area contributed by atoms with Crippen molar-refractivity contribution in [1.82, 2.24) is 0 Å². The molecule has 1 aliphatic rings. The summed E-state index contributed by atoms with van der Waals surface area (Å²) in [6.45, 7) is 3.23. The van der Waals surface area contributed by atoms with Gasteiger partial charge >= 0.3 is 0 Å². The van der Waals surface area contributed by atoms with Gasteiger partial charge in [-0.3, -0.25) is 0 Å².